The number of anilines is 1. The SMILES string of the molecule is Cc1nc(N)c2ncn(CCCCCS(=O)c3ccc(F)cc3F)c2c1C. The van der Waals surface area contributed by atoms with Crippen molar-refractivity contribution in [3.8, 4) is 0 Å². The predicted octanol–water partition coefficient (Wildman–Crippen LogP) is 3.89. The van der Waals surface area contributed by atoms with Gasteiger partial charge in [0.05, 0.1) is 27.5 Å². The number of imidazole rings is 1. The monoisotopic (exact) mass is 392 g/mol. The lowest BCUT2D eigenvalue weighted by Gasteiger charge is -2.09. The van der Waals surface area contributed by atoms with Crippen molar-refractivity contribution in [3.05, 3.63) is 47.4 Å². The van der Waals surface area contributed by atoms with Crippen LogP contribution in [0.15, 0.2) is 29.4 Å². The lowest BCUT2D eigenvalue weighted by Crippen LogP contribution is -2.04. The highest BCUT2D eigenvalue weighted by molar-refractivity contribution is 7.85. The van der Waals surface area contributed by atoms with Crippen LogP contribution in [-0.4, -0.2) is 24.5 Å². The Kier molecular flexibility index (Phi) is 5.84. The summed E-state index contributed by atoms with van der Waals surface area (Å²) in [6.07, 6.45) is 4.17. The molecule has 0 aliphatic rings. The summed E-state index contributed by atoms with van der Waals surface area (Å²) in [5.41, 5.74) is 9.61. The van der Waals surface area contributed by atoms with Crippen LogP contribution in [0.4, 0.5) is 14.6 Å². The number of benzene rings is 1. The van der Waals surface area contributed by atoms with Crippen LogP contribution in [0, 0.1) is 25.5 Å². The third-order valence-corrected chi connectivity index (χ3v) is 6.12. The number of aromatic nitrogens is 3. The maximum Gasteiger partial charge on any atom is 0.151 e. The predicted molar refractivity (Wildman–Crippen MR) is 103 cm³/mol. The normalized spacial score (nSPS) is 12.6. The number of nitrogen functional groups attached to an aromatic ring is 1. The number of hydrogen-bond donors (Lipinski definition) is 1. The topological polar surface area (TPSA) is 73.8 Å². The first-order valence-electron chi connectivity index (χ1n) is 8.79. The molecule has 1 aromatic carbocycles. The molecule has 0 aliphatic heterocycles. The van der Waals surface area contributed by atoms with Crippen molar-refractivity contribution < 1.29 is 13.0 Å². The van der Waals surface area contributed by atoms with Crippen LogP contribution in [0.1, 0.15) is 30.5 Å². The Hall–Kier alpha value is -2.35. The van der Waals surface area contributed by atoms with E-state index < -0.39 is 22.4 Å². The molecule has 27 heavy (non-hydrogen) atoms. The molecule has 0 fully saturated rings. The second-order valence-corrected chi connectivity index (χ2v) is 8.07. The molecule has 0 spiro atoms. The minimum Gasteiger partial charge on any atom is -0.382 e. The molecule has 0 amide bonds. The summed E-state index contributed by atoms with van der Waals surface area (Å²) in [4.78, 5) is 8.72. The van der Waals surface area contributed by atoms with Gasteiger partial charge in [0, 0.05) is 24.1 Å². The Balaban J connectivity index is 1.55. The standard InChI is InChI=1S/C19H22F2N4OS/c1-12-13(2)24-19(22)17-18(12)25(11-23-17)8-4-3-5-9-27(26)16-7-6-14(20)10-15(16)21/h6-7,10-11H,3-5,8-9H2,1-2H3,(H2,22,24). The number of aryl methyl sites for hydroxylation is 3. The zero-order valence-electron chi connectivity index (χ0n) is 15.3. The molecule has 1 atom stereocenters. The van der Waals surface area contributed by atoms with Gasteiger partial charge in [-0.2, -0.15) is 0 Å². The van der Waals surface area contributed by atoms with Crippen molar-refractivity contribution in [1.29, 1.82) is 0 Å². The summed E-state index contributed by atoms with van der Waals surface area (Å²) in [5, 5.41) is 0. The Morgan fingerprint density at radius 2 is 1.96 bits per heavy atom. The van der Waals surface area contributed by atoms with E-state index in [1.165, 1.54) is 6.07 Å². The third-order valence-electron chi connectivity index (χ3n) is 4.63. The van der Waals surface area contributed by atoms with Gasteiger partial charge in [0.1, 0.15) is 17.2 Å². The largest absolute Gasteiger partial charge is 0.382 e. The Morgan fingerprint density at radius 1 is 1.19 bits per heavy atom. The van der Waals surface area contributed by atoms with Gasteiger partial charge in [-0.25, -0.2) is 18.7 Å². The van der Waals surface area contributed by atoms with Crippen molar-refractivity contribution >= 4 is 27.7 Å². The lowest BCUT2D eigenvalue weighted by molar-refractivity contribution is 0.561. The van der Waals surface area contributed by atoms with E-state index in [1.54, 1.807) is 6.33 Å². The number of unbranched alkanes of at least 4 members (excludes halogenated alkanes) is 2. The molecular weight excluding hydrogens is 370 g/mol. The lowest BCUT2D eigenvalue weighted by atomic mass is 10.2. The smallest absolute Gasteiger partial charge is 0.151 e. The number of halogens is 2. The molecule has 2 aromatic heterocycles. The van der Waals surface area contributed by atoms with Crippen molar-refractivity contribution in [2.24, 2.45) is 0 Å². The van der Waals surface area contributed by atoms with E-state index in [2.05, 4.69) is 14.5 Å². The van der Waals surface area contributed by atoms with Crippen molar-refractivity contribution in [3.63, 3.8) is 0 Å². The molecule has 144 valence electrons. The van der Waals surface area contributed by atoms with Gasteiger partial charge in [-0.1, -0.05) is 6.42 Å². The molecule has 0 bridgehead atoms. The first-order valence-corrected chi connectivity index (χ1v) is 10.1. The zero-order valence-corrected chi connectivity index (χ0v) is 16.2. The quantitative estimate of drug-likeness (QED) is 0.619. The Labute approximate surface area is 159 Å². The molecule has 8 heteroatoms. The molecule has 2 N–H and O–H groups in total. The van der Waals surface area contributed by atoms with Crippen LogP contribution in [0.2, 0.25) is 0 Å². The third kappa shape index (κ3) is 4.16. The van der Waals surface area contributed by atoms with Crippen LogP contribution in [0.25, 0.3) is 11.0 Å². The number of hydrogen-bond acceptors (Lipinski definition) is 4. The van der Waals surface area contributed by atoms with Crippen molar-refractivity contribution in [2.45, 2.75) is 44.6 Å². The number of fused-ring (bicyclic) bond motifs is 1. The molecule has 3 aromatic rings. The van der Waals surface area contributed by atoms with Gasteiger partial charge in [0.2, 0.25) is 0 Å². The molecule has 0 aliphatic carbocycles. The molecule has 0 saturated heterocycles. The van der Waals surface area contributed by atoms with Gasteiger partial charge in [0.25, 0.3) is 0 Å². The van der Waals surface area contributed by atoms with Gasteiger partial charge in [-0.3, -0.25) is 4.21 Å². The van der Waals surface area contributed by atoms with Crippen LogP contribution in [0.3, 0.4) is 0 Å². The van der Waals surface area contributed by atoms with Crippen LogP contribution >= 0.6 is 0 Å². The highest BCUT2D eigenvalue weighted by Crippen LogP contribution is 2.24. The fourth-order valence-electron chi connectivity index (χ4n) is 3.08. The fraction of sp³-hybridized carbons (Fsp3) is 0.368. The summed E-state index contributed by atoms with van der Waals surface area (Å²) >= 11 is 0. The maximum atomic E-state index is 13.7. The number of nitrogens with two attached hydrogens (primary N) is 1. The van der Waals surface area contributed by atoms with E-state index >= 15 is 0 Å². The van der Waals surface area contributed by atoms with Crippen LogP contribution in [0.5, 0.6) is 0 Å². The summed E-state index contributed by atoms with van der Waals surface area (Å²) in [6, 6.07) is 3.15. The molecule has 0 saturated carbocycles. The highest BCUT2D eigenvalue weighted by atomic mass is 32.2. The van der Waals surface area contributed by atoms with Gasteiger partial charge in [-0.15, -0.1) is 0 Å². The molecule has 1 unspecified atom stereocenters. The van der Waals surface area contributed by atoms with E-state index in [0.717, 1.165) is 48.3 Å². The van der Waals surface area contributed by atoms with E-state index in [-0.39, 0.29) is 4.90 Å². The Morgan fingerprint density at radius 3 is 2.70 bits per heavy atom. The maximum absolute atomic E-state index is 13.7. The zero-order chi connectivity index (χ0) is 19.6. The minimum absolute atomic E-state index is 0.0612. The molecule has 5 nitrogen and oxygen atoms in total. The van der Waals surface area contributed by atoms with E-state index in [4.69, 9.17) is 5.73 Å². The van der Waals surface area contributed by atoms with E-state index in [0.29, 0.717) is 23.5 Å². The first-order chi connectivity index (χ1) is 12.9. The highest BCUT2D eigenvalue weighted by Gasteiger charge is 2.13. The van der Waals surface area contributed by atoms with Crippen LogP contribution in [-0.2, 0) is 17.3 Å². The van der Waals surface area contributed by atoms with Gasteiger partial charge in [0.15, 0.2) is 5.82 Å². The average Bonchev–Trinajstić information content (AvgIpc) is 3.04. The second kappa shape index (κ2) is 8.12. The van der Waals surface area contributed by atoms with Gasteiger partial charge in [-0.05, 0) is 44.4 Å². The van der Waals surface area contributed by atoms with Gasteiger partial charge < -0.3 is 10.3 Å². The van der Waals surface area contributed by atoms with E-state index in [1.807, 2.05) is 13.8 Å². The van der Waals surface area contributed by atoms with Crippen LogP contribution < -0.4 is 5.73 Å². The summed E-state index contributed by atoms with van der Waals surface area (Å²) in [5.74, 6) is -0.636. The average molecular weight is 392 g/mol. The Bertz CT molecular complexity index is 1000. The number of pyridine rings is 1. The van der Waals surface area contributed by atoms with Crippen molar-refractivity contribution in [1.82, 2.24) is 14.5 Å². The fourth-order valence-corrected chi connectivity index (χ4v) is 4.27. The minimum atomic E-state index is -1.46. The summed E-state index contributed by atoms with van der Waals surface area (Å²) < 4.78 is 40.8. The number of nitrogens with zero attached hydrogens (tertiary/aromatic N) is 3. The molecule has 2 heterocycles. The number of rotatable bonds is 7. The summed E-state index contributed by atoms with van der Waals surface area (Å²) in [6.45, 7) is 4.69. The van der Waals surface area contributed by atoms with E-state index in [9.17, 15) is 13.0 Å². The first kappa shape index (κ1) is 19.4. The second-order valence-electron chi connectivity index (χ2n) is 6.53. The molecule has 0 radical (unpaired) electrons. The summed E-state index contributed by atoms with van der Waals surface area (Å²) in [7, 11) is -1.46. The molecular formula is C19H22F2N4OS. The van der Waals surface area contributed by atoms with Gasteiger partial charge >= 0.3 is 0 Å². The van der Waals surface area contributed by atoms with Crippen molar-refractivity contribution in [2.75, 3.05) is 11.5 Å². The molecule has 3 rings (SSSR count).